The normalized spacial score (nSPS) is 18.8. The number of hydrogen-bond donors (Lipinski definition) is 1. The van der Waals surface area contributed by atoms with Crippen LogP contribution in [-0.2, 0) is 0 Å². The number of benzene rings is 1. The molecule has 0 saturated carbocycles. The molecule has 18 heavy (non-hydrogen) atoms. The lowest BCUT2D eigenvalue weighted by molar-refractivity contribution is 0.157. The van der Waals surface area contributed by atoms with Crippen molar-refractivity contribution in [3.8, 4) is 0 Å². The molecule has 0 amide bonds. The van der Waals surface area contributed by atoms with Gasteiger partial charge in [-0.2, -0.15) is 0 Å². The minimum absolute atomic E-state index is 0.0673. The van der Waals surface area contributed by atoms with Crippen molar-refractivity contribution < 1.29 is 8.78 Å². The molecule has 1 saturated heterocycles. The summed E-state index contributed by atoms with van der Waals surface area (Å²) in [6.45, 7) is 5.26. The van der Waals surface area contributed by atoms with Gasteiger partial charge in [-0.1, -0.05) is 6.07 Å². The van der Waals surface area contributed by atoms with Gasteiger partial charge in [0.1, 0.15) is 5.82 Å². The van der Waals surface area contributed by atoms with Gasteiger partial charge in [-0.15, -0.1) is 0 Å². The molecule has 0 aromatic heterocycles. The molecule has 1 aromatic rings. The van der Waals surface area contributed by atoms with E-state index in [1.54, 1.807) is 6.07 Å². The molecule has 1 N–H and O–H groups in total. The highest BCUT2D eigenvalue weighted by molar-refractivity contribution is 5.29. The molecule has 0 unspecified atom stereocenters. The molecular weight excluding hydrogens is 234 g/mol. The van der Waals surface area contributed by atoms with Gasteiger partial charge in [-0.25, -0.2) is 4.39 Å². The number of rotatable bonds is 4. The lowest BCUT2D eigenvalue weighted by Crippen LogP contribution is -2.45. The van der Waals surface area contributed by atoms with Gasteiger partial charge in [-0.3, -0.25) is 9.29 Å². The fourth-order valence-electron chi connectivity index (χ4n) is 2.64. The van der Waals surface area contributed by atoms with Crippen LogP contribution in [0.15, 0.2) is 18.2 Å². The highest BCUT2D eigenvalue weighted by Crippen LogP contribution is 2.28. The average Bonchev–Trinajstić information content (AvgIpc) is 2.38. The number of nitrogens with one attached hydrogen (secondary N) is 1. The predicted octanol–water partition coefficient (Wildman–Crippen LogP) is 2.44. The number of piperazine rings is 1. The summed E-state index contributed by atoms with van der Waals surface area (Å²) in [7, 11) is 0. The molecule has 1 aliphatic heterocycles. The minimum atomic E-state index is -0.342. The molecule has 1 aromatic carbocycles. The van der Waals surface area contributed by atoms with Crippen LogP contribution in [0, 0.1) is 12.7 Å². The third-order valence-electron chi connectivity index (χ3n) is 3.57. The standard InChI is InChI=1S/C14H20F2N2/c1-11-10-12(16)2-3-13(11)14(4-5-15)18-8-6-17-7-9-18/h2-3,10,14,17H,4-9H2,1H3/t14-/m1/s1. The van der Waals surface area contributed by atoms with Crippen LogP contribution in [0.4, 0.5) is 8.78 Å². The second kappa shape index (κ2) is 6.25. The fourth-order valence-corrected chi connectivity index (χ4v) is 2.64. The van der Waals surface area contributed by atoms with Crippen LogP contribution in [-0.4, -0.2) is 37.8 Å². The van der Waals surface area contributed by atoms with Crippen molar-refractivity contribution in [2.24, 2.45) is 0 Å². The summed E-state index contributed by atoms with van der Waals surface area (Å²) in [5.41, 5.74) is 1.96. The van der Waals surface area contributed by atoms with Crippen molar-refractivity contribution in [1.29, 1.82) is 0 Å². The van der Waals surface area contributed by atoms with E-state index in [1.165, 1.54) is 12.1 Å². The number of nitrogens with zero attached hydrogens (tertiary/aromatic N) is 1. The summed E-state index contributed by atoms with van der Waals surface area (Å²) in [5, 5.41) is 3.29. The summed E-state index contributed by atoms with van der Waals surface area (Å²) in [4.78, 5) is 2.29. The van der Waals surface area contributed by atoms with Crippen molar-refractivity contribution in [2.75, 3.05) is 32.9 Å². The number of aryl methyl sites for hydroxylation is 1. The number of hydrogen-bond acceptors (Lipinski definition) is 2. The van der Waals surface area contributed by atoms with Crippen LogP contribution in [0.25, 0.3) is 0 Å². The molecule has 0 spiro atoms. The van der Waals surface area contributed by atoms with E-state index in [9.17, 15) is 8.78 Å². The first-order valence-electron chi connectivity index (χ1n) is 6.49. The Balaban J connectivity index is 2.22. The Morgan fingerprint density at radius 1 is 1.33 bits per heavy atom. The molecule has 1 aliphatic rings. The smallest absolute Gasteiger partial charge is 0.123 e. The van der Waals surface area contributed by atoms with Gasteiger partial charge in [0.05, 0.1) is 6.67 Å². The molecule has 1 fully saturated rings. The Hall–Kier alpha value is -1.00. The van der Waals surface area contributed by atoms with Crippen LogP contribution in [0.1, 0.15) is 23.6 Å². The molecule has 2 nitrogen and oxygen atoms in total. The van der Waals surface area contributed by atoms with Gasteiger partial charge in [0, 0.05) is 32.2 Å². The highest BCUT2D eigenvalue weighted by Gasteiger charge is 2.23. The summed E-state index contributed by atoms with van der Waals surface area (Å²) in [5.74, 6) is -0.226. The molecule has 0 bridgehead atoms. The maximum Gasteiger partial charge on any atom is 0.123 e. The maximum absolute atomic E-state index is 13.1. The van der Waals surface area contributed by atoms with Gasteiger partial charge in [-0.05, 0) is 36.6 Å². The fraction of sp³-hybridized carbons (Fsp3) is 0.571. The molecule has 4 heteroatoms. The van der Waals surface area contributed by atoms with Crippen molar-refractivity contribution in [2.45, 2.75) is 19.4 Å². The van der Waals surface area contributed by atoms with E-state index in [0.717, 1.165) is 37.3 Å². The molecule has 1 atom stereocenters. The van der Waals surface area contributed by atoms with Crippen molar-refractivity contribution in [3.05, 3.63) is 35.1 Å². The molecular formula is C14H20F2N2. The van der Waals surface area contributed by atoms with E-state index in [2.05, 4.69) is 10.2 Å². The predicted molar refractivity (Wildman–Crippen MR) is 68.9 cm³/mol. The first-order valence-corrected chi connectivity index (χ1v) is 6.49. The monoisotopic (exact) mass is 254 g/mol. The van der Waals surface area contributed by atoms with E-state index in [-0.39, 0.29) is 18.5 Å². The van der Waals surface area contributed by atoms with Crippen molar-refractivity contribution in [3.63, 3.8) is 0 Å². The molecule has 0 aliphatic carbocycles. The molecule has 1 heterocycles. The second-order valence-corrected chi connectivity index (χ2v) is 4.78. The lowest BCUT2D eigenvalue weighted by atomic mass is 9.97. The Morgan fingerprint density at radius 3 is 2.67 bits per heavy atom. The zero-order valence-corrected chi connectivity index (χ0v) is 10.8. The van der Waals surface area contributed by atoms with Gasteiger partial charge in [0.25, 0.3) is 0 Å². The largest absolute Gasteiger partial charge is 0.314 e. The Bertz CT molecular complexity index is 389. The quantitative estimate of drug-likeness (QED) is 0.888. The van der Waals surface area contributed by atoms with Crippen LogP contribution in [0.2, 0.25) is 0 Å². The average molecular weight is 254 g/mol. The zero-order valence-electron chi connectivity index (χ0n) is 10.8. The van der Waals surface area contributed by atoms with Crippen LogP contribution >= 0.6 is 0 Å². The van der Waals surface area contributed by atoms with Gasteiger partial charge in [0.2, 0.25) is 0 Å². The zero-order chi connectivity index (χ0) is 13.0. The summed E-state index contributed by atoms with van der Waals surface area (Å²) in [6, 6.07) is 4.86. The summed E-state index contributed by atoms with van der Waals surface area (Å²) in [6.07, 6.45) is 0.479. The second-order valence-electron chi connectivity index (χ2n) is 4.78. The summed E-state index contributed by atoms with van der Waals surface area (Å²) >= 11 is 0. The van der Waals surface area contributed by atoms with Crippen LogP contribution in [0.5, 0.6) is 0 Å². The lowest BCUT2D eigenvalue weighted by Gasteiger charge is -2.35. The van der Waals surface area contributed by atoms with Crippen LogP contribution in [0.3, 0.4) is 0 Å². The molecule has 100 valence electrons. The first-order chi connectivity index (χ1) is 8.72. The highest BCUT2D eigenvalue weighted by atomic mass is 19.1. The molecule has 2 rings (SSSR count). The SMILES string of the molecule is Cc1cc(F)ccc1[C@@H](CCF)N1CCNCC1. The van der Waals surface area contributed by atoms with Gasteiger partial charge in [0.15, 0.2) is 0 Å². The third kappa shape index (κ3) is 3.06. The van der Waals surface area contributed by atoms with E-state index in [1.807, 2.05) is 6.92 Å². The molecule has 0 radical (unpaired) electrons. The maximum atomic E-state index is 13.1. The van der Waals surface area contributed by atoms with Crippen molar-refractivity contribution >= 4 is 0 Å². The third-order valence-corrected chi connectivity index (χ3v) is 3.57. The van der Waals surface area contributed by atoms with Crippen molar-refractivity contribution in [1.82, 2.24) is 10.2 Å². The Kier molecular flexibility index (Phi) is 4.66. The minimum Gasteiger partial charge on any atom is -0.314 e. The Morgan fingerprint density at radius 2 is 2.06 bits per heavy atom. The Labute approximate surface area is 107 Å². The van der Waals surface area contributed by atoms with Gasteiger partial charge >= 0.3 is 0 Å². The number of halogens is 2. The van der Waals surface area contributed by atoms with E-state index < -0.39 is 0 Å². The first kappa shape index (κ1) is 13.4. The topological polar surface area (TPSA) is 15.3 Å². The van der Waals surface area contributed by atoms with E-state index in [4.69, 9.17) is 0 Å². The number of alkyl halides is 1. The van der Waals surface area contributed by atoms with E-state index in [0.29, 0.717) is 6.42 Å². The van der Waals surface area contributed by atoms with Crippen LogP contribution < -0.4 is 5.32 Å². The summed E-state index contributed by atoms with van der Waals surface area (Å²) < 4.78 is 25.9. The van der Waals surface area contributed by atoms with Gasteiger partial charge < -0.3 is 5.32 Å². The van der Waals surface area contributed by atoms with E-state index >= 15 is 0 Å².